The number of amides is 1. The summed E-state index contributed by atoms with van der Waals surface area (Å²) in [7, 11) is 0. The Kier molecular flexibility index (Phi) is 4.62. The minimum atomic E-state index is -0.111. The van der Waals surface area contributed by atoms with Gasteiger partial charge < -0.3 is 5.32 Å². The summed E-state index contributed by atoms with van der Waals surface area (Å²) in [4.78, 5) is 21.7. The fourth-order valence-corrected chi connectivity index (χ4v) is 3.14. The average Bonchev–Trinajstić information content (AvgIpc) is 2.72. The molecule has 4 heteroatoms. The van der Waals surface area contributed by atoms with Crippen molar-refractivity contribution < 1.29 is 4.79 Å². The first kappa shape index (κ1) is 16.9. The van der Waals surface area contributed by atoms with Gasteiger partial charge in [-0.3, -0.25) is 9.78 Å². The molecule has 0 aliphatic rings. The molecule has 2 aromatic carbocycles. The van der Waals surface area contributed by atoms with Crippen molar-refractivity contribution in [1.82, 2.24) is 15.3 Å². The van der Waals surface area contributed by atoms with E-state index < -0.39 is 0 Å². The Morgan fingerprint density at radius 2 is 1.70 bits per heavy atom. The van der Waals surface area contributed by atoms with Crippen LogP contribution in [-0.4, -0.2) is 15.9 Å². The number of para-hydroxylation sites is 1. The highest BCUT2D eigenvalue weighted by molar-refractivity contribution is 6.07. The molecule has 0 unspecified atom stereocenters. The lowest BCUT2D eigenvalue weighted by Crippen LogP contribution is -2.23. The Morgan fingerprint density at radius 1 is 0.963 bits per heavy atom. The van der Waals surface area contributed by atoms with E-state index in [1.807, 2.05) is 60.7 Å². The van der Waals surface area contributed by atoms with Crippen LogP contribution in [0.5, 0.6) is 0 Å². The van der Waals surface area contributed by atoms with Crippen LogP contribution in [0.1, 0.15) is 21.5 Å². The number of nitrogens with zero attached hydrogens (tertiary/aromatic N) is 2. The molecule has 2 aromatic heterocycles. The van der Waals surface area contributed by atoms with Gasteiger partial charge in [0, 0.05) is 29.9 Å². The van der Waals surface area contributed by atoms with Crippen LogP contribution in [0.4, 0.5) is 0 Å². The number of fused-ring (bicyclic) bond motifs is 1. The molecule has 0 fully saturated rings. The van der Waals surface area contributed by atoms with E-state index in [1.165, 1.54) is 0 Å². The lowest BCUT2D eigenvalue weighted by atomic mass is 10.0. The Hall–Kier alpha value is -3.53. The molecule has 0 bridgehead atoms. The van der Waals surface area contributed by atoms with Gasteiger partial charge in [0.2, 0.25) is 0 Å². The minimum Gasteiger partial charge on any atom is -0.348 e. The third kappa shape index (κ3) is 3.55. The first-order valence-corrected chi connectivity index (χ1v) is 8.85. The van der Waals surface area contributed by atoms with Crippen molar-refractivity contribution in [3.63, 3.8) is 0 Å². The van der Waals surface area contributed by atoms with E-state index in [-0.39, 0.29) is 5.91 Å². The molecule has 4 aromatic rings. The molecule has 0 aliphatic carbocycles. The molecule has 4 nitrogen and oxygen atoms in total. The zero-order valence-electron chi connectivity index (χ0n) is 15.0. The summed E-state index contributed by atoms with van der Waals surface area (Å²) < 4.78 is 0. The Morgan fingerprint density at radius 3 is 2.52 bits per heavy atom. The van der Waals surface area contributed by atoms with E-state index in [2.05, 4.69) is 23.3 Å². The van der Waals surface area contributed by atoms with Gasteiger partial charge in [0.25, 0.3) is 5.91 Å². The van der Waals surface area contributed by atoms with Crippen molar-refractivity contribution in [3.05, 3.63) is 95.8 Å². The van der Waals surface area contributed by atoms with Gasteiger partial charge >= 0.3 is 0 Å². The first-order valence-electron chi connectivity index (χ1n) is 8.85. The molecule has 0 saturated heterocycles. The van der Waals surface area contributed by atoms with E-state index in [0.29, 0.717) is 12.1 Å². The van der Waals surface area contributed by atoms with Gasteiger partial charge in [-0.15, -0.1) is 0 Å². The van der Waals surface area contributed by atoms with Gasteiger partial charge in [-0.25, -0.2) is 4.98 Å². The second-order valence-electron chi connectivity index (χ2n) is 6.43. The maximum atomic E-state index is 12.9. The number of carbonyl (C=O) groups excluding carboxylic acids is 1. The number of hydrogen-bond acceptors (Lipinski definition) is 3. The molecular weight excluding hydrogens is 334 g/mol. The third-order valence-corrected chi connectivity index (χ3v) is 4.58. The largest absolute Gasteiger partial charge is 0.348 e. The first-order chi connectivity index (χ1) is 13.2. The molecule has 27 heavy (non-hydrogen) atoms. The maximum absolute atomic E-state index is 12.9. The van der Waals surface area contributed by atoms with E-state index in [1.54, 1.807) is 12.4 Å². The molecule has 0 spiro atoms. The number of pyridine rings is 2. The maximum Gasteiger partial charge on any atom is 0.252 e. The molecule has 132 valence electrons. The molecule has 4 rings (SSSR count). The van der Waals surface area contributed by atoms with E-state index in [0.717, 1.165) is 33.3 Å². The van der Waals surface area contributed by atoms with Crippen molar-refractivity contribution in [2.75, 3.05) is 0 Å². The van der Waals surface area contributed by atoms with Crippen molar-refractivity contribution in [1.29, 1.82) is 0 Å². The molecule has 2 heterocycles. The predicted molar refractivity (Wildman–Crippen MR) is 107 cm³/mol. The van der Waals surface area contributed by atoms with Crippen LogP contribution in [0, 0.1) is 6.92 Å². The minimum absolute atomic E-state index is 0.111. The smallest absolute Gasteiger partial charge is 0.252 e. The number of hydrogen-bond donors (Lipinski definition) is 1. The van der Waals surface area contributed by atoms with Gasteiger partial charge in [-0.2, -0.15) is 0 Å². The highest BCUT2D eigenvalue weighted by atomic mass is 16.1. The number of nitrogens with one attached hydrogen (secondary N) is 1. The Labute approximate surface area is 157 Å². The predicted octanol–water partition coefficient (Wildman–Crippen LogP) is 4.54. The van der Waals surface area contributed by atoms with Crippen molar-refractivity contribution in [2.45, 2.75) is 13.5 Å². The molecule has 0 aliphatic heterocycles. The summed E-state index contributed by atoms with van der Waals surface area (Å²) in [6.45, 7) is 2.51. The summed E-state index contributed by atoms with van der Waals surface area (Å²) in [6.07, 6.45) is 3.44. The lowest BCUT2D eigenvalue weighted by Gasteiger charge is -2.12. The van der Waals surface area contributed by atoms with Gasteiger partial charge in [0.05, 0.1) is 16.8 Å². The van der Waals surface area contributed by atoms with Crippen molar-refractivity contribution >= 4 is 16.8 Å². The van der Waals surface area contributed by atoms with Gasteiger partial charge in [-0.05, 0) is 42.3 Å². The van der Waals surface area contributed by atoms with Gasteiger partial charge in [-0.1, -0.05) is 42.5 Å². The number of carbonyl (C=O) groups is 1. The second-order valence-corrected chi connectivity index (χ2v) is 6.43. The zero-order chi connectivity index (χ0) is 18.6. The Balaban J connectivity index is 1.74. The summed E-state index contributed by atoms with van der Waals surface area (Å²) in [5.74, 6) is -0.111. The second kappa shape index (κ2) is 7.38. The highest BCUT2D eigenvalue weighted by Crippen LogP contribution is 2.27. The van der Waals surface area contributed by atoms with Crippen molar-refractivity contribution in [3.8, 4) is 11.3 Å². The van der Waals surface area contributed by atoms with Crippen LogP contribution >= 0.6 is 0 Å². The zero-order valence-corrected chi connectivity index (χ0v) is 15.0. The third-order valence-electron chi connectivity index (χ3n) is 4.58. The highest BCUT2D eigenvalue weighted by Gasteiger charge is 2.14. The number of aromatic nitrogens is 2. The summed E-state index contributed by atoms with van der Waals surface area (Å²) >= 11 is 0. The average molecular weight is 353 g/mol. The molecule has 0 atom stereocenters. The molecule has 0 saturated carbocycles. The van der Waals surface area contributed by atoms with Gasteiger partial charge in [0.15, 0.2) is 0 Å². The standard InChI is InChI=1S/C23H19N3O/c1-16-6-2-3-7-18(16)22-14-20(19-8-4-5-9-21(19)26-22)23(27)25-15-17-10-12-24-13-11-17/h2-14H,15H2,1H3,(H,25,27). The molecular formula is C23H19N3O. The van der Waals surface area contributed by atoms with Crippen LogP contribution < -0.4 is 5.32 Å². The van der Waals surface area contributed by atoms with Crippen LogP contribution in [0.15, 0.2) is 79.1 Å². The van der Waals surface area contributed by atoms with Crippen LogP contribution in [0.2, 0.25) is 0 Å². The number of aryl methyl sites for hydroxylation is 1. The monoisotopic (exact) mass is 353 g/mol. The van der Waals surface area contributed by atoms with Crippen LogP contribution in [0.25, 0.3) is 22.2 Å². The quantitative estimate of drug-likeness (QED) is 0.586. The van der Waals surface area contributed by atoms with Gasteiger partial charge in [0.1, 0.15) is 0 Å². The number of rotatable bonds is 4. The van der Waals surface area contributed by atoms with E-state index in [9.17, 15) is 4.79 Å². The summed E-state index contributed by atoms with van der Waals surface area (Å²) in [5.41, 5.74) is 5.42. The fourth-order valence-electron chi connectivity index (χ4n) is 3.14. The fraction of sp³-hybridized carbons (Fsp3) is 0.0870. The lowest BCUT2D eigenvalue weighted by molar-refractivity contribution is 0.0952. The summed E-state index contributed by atoms with van der Waals surface area (Å²) in [6, 6.07) is 21.5. The molecule has 1 amide bonds. The summed E-state index contributed by atoms with van der Waals surface area (Å²) in [5, 5.41) is 3.86. The number of benzene rings is 2. The topological polar surface area (TPSA) is 54.9 Å². The molecule has 1 N–H and O–H groups in total. The molecule has 0 radical (unpaired) electrons. The SMILES string of the molecule is Cc1ccccc1-c1cc(C(=O)NCc2ccncc2)c2ccccc2n1. The van der Waals surface area contributed by atoms with E-state index >= 15 is 0 Å². The van der Waals surface area contributed by atoms with Crippen molar-refractivity contribution in [2.24, 2.45) is 0 Å². The Bertz CT molecular complexity index is 1110. The van der Waals surface area contributed by atoms with Crippen LogP contribution in [-0.2, 0) is 6.54 Å². The van der Waals surface area contributed by atoms with Crippen LogP contribution in [0.3, 0.4) is 0 Å². The normalized spacial score (nSPS) is 10.7. The van der Waals surface area contributed by atoms with E-state index in [4.69, 9.17) is 4.98 Å².